The molecule has 1 aliphatic rings. The maximum Gasteiger partial charge on any atom is 0.269 e. The van der Waals surface area contributed by atoms with Crippen LogP contribution in [0.5, 0.6) is 0 Å². The Morgan fingerprint density at radius 2 is 2.26 bits per heavy atom. The number of hydrogen-bond acceptors (Lipinski definition) is 4. The standard InChI is InChI=1S/C12H15N3O3.ClH/c13-10-4-5-14(8-10)12(16)7-9-2-1-3-11(6-9)15(17)18;/h1-3,6,10H,4-5,7-8,13H2;1H/t10-;/m0./s1. The Labute approximate surface area is 117 Å². The lowest BCUT2D eigenvalue weighted by Gasteiger charge is -2.15. The van der Waals surface area contributed by atoms with Gasteiger partial charge in [-0.05, 0) is 12.0 Å². The van der Waals surface area contributed by atoms with Crippen molar-refractivity contribution in [2.24, 2.45) is 5.73 Å². The number of halogens is 1. The van der Waals surface area contributed by atoms with E-state index in [0.29, 0.717) is 18.7 Å². The summed E-state index contributed by atoms with van der Waals surface area (Å²) in [4.78, 5) is 23.8. The third kappa shape index (κ3) is 3.90. The first kappa shape index (κ1) is 15.4. The van der Waals surface area contributed by atoms with E-state index >= 15 is 0 Å². The van der Waals surface area contributed by atoms with Gasteiger partial charge in [-0.15, -0.1) is 12.4 Å². The van der Waals surface area contributed by atoms with Gasteiger partial charge in [0.25, 0.3) is 5.69 Å². The van der Waals surface area contributed by atoms with Crippen LogP contribution in [0.3, 0.4) is 0 Å². The fourth-order valence-corrected chi connectivity index (χ4v) is 2.08. The van der Waals surface area contributed by atoms with Crippen LogP contribution in [0, 0.1) is 10.1 Å². The summed E-state index contributed by atoms with van der Waals surface area (Å²) in [5.74, 6) is -0.0246. The van der Waals surface area contributed by atoms with Crippen molar-refractivity contribution < 1.29 is 9.72 Å². The summed E-state index contributed by atoms with van der Waals surface area (Å²) in [6.45, 7) is 1.25. The highest BCUT2D eigenvalue weighted by atomic mass is 35.5. The lowest BCUT2D eigenvalue weighted by atomic mass is 10.1. The molecule has 1 amide bonds. The van der Waals surface area contributed by atoms with Gasteiger partial charge in [0, 0.05) is 31.3 Å². The van der Waals surface area contributed by atoms with E-state index in [1.165, 1.54) is 12.1 Å². The van der Waals surface area contributed by atoms with E-state index in [9.17, 15) is 14.9 Å². The summed E-state index contributed by atoms with van der Waals surface area (Å²) in [5.41, 5.74) is 6.41. The van der Waals surface area contributed by atoms with E-state index in [1.54, 1.807) is 17.0 Å². The van der Waals surface area contributed by atoms with Gasteiger partial charge in [0.05, 0.1) is 11.3 Å². The number of hydrogen-bond donors (Lipinski definition) is 1. The number of carbonyl (C=O) groups is 1. The topological polar surface area (TPSA) is 89.5 Å². The first-order valence-electron chi connectivity index (χ1n) is 5.83. The Hall–Kier alpha value is -1.66. The second-order valence-corrected chi connectivity index (χ2v) is 4.49. The molecule has 0 unspecified atom stereocenters. The van der Waals surface area contributed by atoms with E-state index in [-0.39, 0.29) is 36.5 Å². The molecule has 1 heterocycles. The van der Waals surface area contributed by atoms with Gasteiger partial charge in [0.15, 0.2) is 0 Å². The molecule has 7 heteroatoms. The minimum atomic E-state index is -0.459. The van der Waals surface area contributed by atoms with Crippen LogP contribution in [-0.4, -0.2) is 34.9 Å². The largest absolute Gasteiger partial charge is 0.341 e. The highest BCUT2D eigenvalue weighted by Crippen LogP contribution is 2.15. The van der Waals surface area contributed by atoms with Crippen molar-refractivity contribution in [1.29, 1.82) is 0 Å². The molecule has 1 aromatic rings. The van der Waals surface area contributed by atoms with Gasteiger partial charge in [-0.1, -0.05) is 12.1 Å². The third-order valence-corrected chi connectivity index (χ3v) is 3.05. The highest BCUT2D eigenvalue weighted by Gasteiger charge is 2.23. The van der Waals surface area contributed by atoms with Crippen molar-refractivity contribution >= 4 is 24.0 Å². The SMILES string of the molecule is Cl.N[C@H]1CCN(C(=O)Cc2cccc([N+](=O)[O-])c2)C1. The van der Waals surface area contributed by atoms with Crippen LogP contribution in [0.2, 0.25) is 0 Å². The van der Waals surface area contributed by atoms with Crippen LogP contribution in [0.25, 0.3) is 0 Å². The molecule has 1 saturated heterocycles. The van der Waals surface area contributed by atoms with Crippen LogP contribution >= 0.6 is 12.4 Å². The summed E-state index contributed by atoms with van der Waals surface area (Å²) < 4.78 is 0. The summed E-state index contributed by atoms with van der Waals surface area (Å²) in [5, 5.41) is 10.6. The number of nitrogens with zero attached hydrogens (tertiary/aromatic N) is 2. The van der Waals surface area contributed by atoms with Crippen molar-refractivity contribution in [2.75, 3.05) is 13.1 Å². The molecule has 2 rings (SSSR count). The molecule has 1 aromatic carbocycles. The summed E-state index contributed by atoms with van der Waals surface area (Å²) in [7, 11) is 0. The molecule has 0 spiro atoms. The second kappa shape index (κ2) is 6.49. The van der Waals surface area contributed by atoms with Gasteiger partial charge in [0.1, 0.15) is 0 Å². The Morgan fingerprint density at radius 1 is 1.53 bits per heavy atom. The van der Waals surface area contributed by atoms with Crippen molar-refractivity contribution in [1.82, 2.24) is 4.90 Å². The second-order valence-electron chi connectivity index (χ2n) is 4.49. The van der Waals surface area contributed by atoms with Crippen molar-refractivity contribution in [3.05, 3.63) is 39.9 Å². The van der Waals surface area contributed by atoms with Crippen LogP contribution < -0.4 is 5.73 Å². The van der Waals surface area contributed by atoms with E-state index < -0.39 is 4.92 Å². The lowest BCUT2D eigenvalue weighted by molar-refractivity contribution is -0.384. The van der Waals surface area contributed by atoms with Gasteiger partial charge in [-0.3, -0.25) is 14.9 Å². The molecule has 6 nitrogen and oxygen atoms in total. The van der Waals surface area contributed by atoms with Crippen LogP contribution in [0.1, 0.15) is 12.0 Å². The molecular weight excluding hydrogens is 270 g/mol. The minimum Gasteiger partial charge on any atom is -0.341 e. The van der Waals surface area contributed by atoms with Crippen LogP contribution in [-0.2, 0) is 11.2 Å². The maximum atomic E-state index is 11.9. The summed E-state index contributed by atoms with van der Waals surface area (Å²) in [6.07, 6.45) is 1.01. The zero-order chi connectivity index (χ0) is 13.1. The number of amides is 1. The molecule has 2 N–H and O–H groups in total. The third-order valence-electron chi connectivity index (χ3n) is 3.05. The zero-order valence-electron chi connectivity index (χ0n) is 10.3. The predicted molar refractivity (Wildman–Crippen MR) is 73.2 cm³/mol. The maximum absolute atomic E-state index is 11.9. The summed E-state index contributed by atoms with van der Waals surface area (Å²) >= 11 is 0. The summed E-state index contributed by atoms with van der Waals surface area (Å²) in [6, 6.07) is 6.23. The average Bonchev–Trinajstić information content (AvgIpc) is 2.76. The number of nitro benzene ring substituents is 1. The van der Waals surface area contributed by atoms with E-state index in [4.69, 9.17) is 5.73 Å². The monoisotopic (exact) mass is 285 g/mol. The van der Waals surface area contributed by atoms with Crippen LogP contribution in [0.4, 0.5) is 5.69 Å². The zero-order valence-corrected chi connectivity index (χ0v) is 11.1. The van der Waals surface area contributed by atoms with Gasteiger partial charge in [0.2, 0.25) is 5.91 Å². The first-order valence-corrected chi connectivity index (χ1v) is 5.83. The molecule has 0 radical (unpaired) electrons. The minimum absolute atomic E-state index is 0. The highest BCUT2D eigenvalue weighted by molar-refractivity contribution is 5.85. The molecular formula is C12H16ClN3O3. The molecule has 0 aliphatic carbocycles. The number of benzene rings is 1. The Balaban J connectivity index is 0.00000180. The van der Waals surface area contributed by atoms with Gasteiger partial charge < -0.3 is 10.6 Å². The Bertz CT molecular complexity index is 481. The van der Waals surface area contributed by atoms with Crippen molar-refractivity contribution in [3.63, 3.8) is 0 Å². The number of likely N-dealkylation sites (tertiary alicyclic amines) is 1. The Morgan fingerprint density at radius 3 is 2.84 bits per heavy atom. The molecule has 1 fully saturated rings. The molecule has 1 atom stereocenters. The molecule has 0 saturated carbocycles. The van der Waals surface area contributed by atoms with E-state index in [1.807, 2.05) is 0 Å². The van der Waals surface area contributed by atoms with Crippen molar-refractivity contribution in [2.45, 2.75) is 18.9 Å². The number of nitrogens with two attached hydrogens (primary N) is 1. The average molecular weight is 286 g/mol. The fourth-order valence-electron chi connectivity index (χ4n) is 2.08. The fraction of sp³-hybridized carbons (Fsp3) is 0.417. The van der Waals surface area contributed by atoms with Gasteiger partial charge >= 0.3 is 0 Å². The van der Waals surface area contributed by atoms with Crippen molar-refractivity contribution in [3.8, 4) is 0 Å². The van der Waals surface area contributed by atoms with Gasteiger partial charge in [-0.2, -0.15) is 0 Å². The molecule has 19 heavy (non-hydrogen) atoms. The first-order chi connectivity index (χ1) is 8.56. The van der Waals surface area contributed by atoms with Gasteiger partial charge in [-0.25, -0.2) is 0 Å². The van der Waals surface area contributed by atoms with E-state index in [0.717, 1.165) is 6.42 Å². The molecule has 104 valence electrons. The normalized spacial score (nSPS) is 17.9. The number of rotatable bonds is 3. The Kier molecular flexibility index (Phi) is 5.26. The van der Waals surface area contributed by atoms with E-state index in [2.05, 4.69) is 0 Å². The predicted octanol–water partition coefficient (Wildman–Crippen LogP) is 1.12. The van der Waals surface area contributed by atoms with Crippen LogP contribution in [0.15, 0.2) is 24.3 Å². The number of nitro groups is 1. The smallest absolute Gasteiger partial charge is 0.269 e. The lowest BCUT2D eigenvalue weighted by Crippen LogP contribution is -2.32. The molecule has 1 aliphatic heterocycles. The number of non-ortho nitro benzene ring substituents is 1. The molecule has 0 aromatic heterocycles. The molecule has 0 bridgehead atoms. The quantitative estimate of drug-likeness (QED) is 0.665. The number of carbonyl (C=O) groups excluding carboxylic acids is 1.